The first kappa shape index (κ1) is 14.6. The highest BCUT2D eigenvalue weighted by atomic mass is 16.2. The Kier molecular flexibility index (Phi) is 3.60. The molecule has 1 N–H and O–H groups in total. The van der Waals surface area contributed by atoms with Crippen molar-refractivity contribution in [1.82, 2.24) is 29.6 Å². The molecule has 122 valence electrons. The van der Waals surface area contributed by atoms with Gasteiger partial charge in [-0.25, -0.2) is 14.6 Å². The number of nitrogens with zero attached hydrogens (tertiary/aromatic N) is 5. The number of aromatic amines is 1. The Balaban J connectivity index is 1.56. The van der Waals surface area contributed by atoms with Crippen molar-refractivity contribution >= 4 is 5.91 Å². The van der Waals surface area contributed by atoms with Crippen LogP contribution < -0.4 is 0 Å². The summed E-state index contributed by atoms with van der Waals surface area (Å²) in [6.07, 6.45) is 8.84. The van der Waals surface area contributed by atoms with Crippen LogP contribution in [0.5, 0.6) is 0 Å². The number of nitrogens with one attached hydrogen (secondary N) is 1. The van der Waals surface area contributed by atoms with Crippen molar-refractivity contribution in [2.45, 2.75) is 25.8 Å². The summed E-state index contributed by atoms with van der Waals surface area (Å²) in [5, 5.41) is 4.14. The molecule has 4 heterocycles. The molecule has 0 aliphatic carbocycles. The first-order valence-electron chi connectivity index (χ1n) is 8.01. The van der Waals surface area contributed by atoms with Crippen molar-refractivity contribution in [3.63, 3.8) is 0 Å². The Hall–Kier alpha value is -2.96. The molecule has 1 fully saturated rings. The molecule has 1 saturated heterocycles. The Morgan fingerprint density at radius 2 is 2.21 bits per heavy atom. The normalized spacial score (nSPS) is 17.4. The molecular formula is C17H18N6O. The minimum atomic E-state index is -0.00827. The lowest BCUT2D eigenvalue weighted by atomic mass is 10.2. The second-order valence-electron chi connectivity index (χ2n) is 5.96. The van der Waals surface area contributed by atoms with E-state index in [1.165, 1.54) is 0 Å². The number of H-pyrrole nitrogens is 1. The topological polar surface area (TPSA) is 79.7 Å². The van der Waals surface area contributed by atoms with E-state index in [0.29, 0.717) is 11.4 Å². The summed E-state index contributed by atoms with van der Waals surface area (Å²) in [7, 11) is 0. The van der Waals surface area contributed by atoms with E-state index >= 15 is 0 Å². The van der Waals surface area contributed by atoms with E-state index in [0.717, 1.165) is 30.9 Å². The predicted octanol–water partition coefficient (Wildman–Crippen LogP) is 2.28. The fourth-order valence-electron chi connectivity index (χ4n) is 3.11. The number of amides is 1. The number of imidazole rings is 1. The predicted molar refractivity (Wildman–Crippen MR) is 87.7 cm³/mol. The smallest absolute Gasteiger partial charge is 0.256 e. The minimum Gasteiger partial charge on any atom is -0.344 e. The van der Waals surface area contributed by atoms with Crippen LogP contribution in [0.15, 0.2) is 43.0 Å². The highest BCUT2D eigenvalue weighted by molar-refractivity contribution is 5.94. The second kappa shape index (κ2) is 5.92. The Morgan fingerprint density at radius 3 is 2.88 bits per heavy atom. The molecule has 0 spiro atoms. The van der Waals surface area contributed by atoms with Crippen molar-refractivity contribution < 1.29 is 4.79 Å². The van der Waals surface area contributed by atoms with E-state index in [-0.39, 0.29) is 11.9 Å². The third-order valence-electron chi connectivity index (χ3n) is 4.29. The molecule has 1 unspecified atom stereocenters. The number of hydrogen-bond donors (Lipinski definition) is 1. The Labute approximate surface area is 139 Å². The maximum absolute atomic E-state index is 12.9. The van der Waals surface area contributed by atoms with Crippen LogP contribution in [0.1, 0.15) is 40.8 Å². The minimum absolute atomic E-state index is 0.00827. The molecule has 0 radical (unpaired) electrons. The van der Waals surface area contributed by atoms with Crippen LogP contribution in [0, 0.1) is 6.92 Å². The van der Waals surface area contributed by atoms with Crippen molar-refractivity contribution in [2.24, 2.45) is 0 Å². The second-order valence-corrected chi connectivity index (χ2v) is 5.96. The van der Waals surface area contributed by atoms with Gasteiger partial charge in [-0.15, -0.1) is 0 Å². The van der Waals surface area contributed by atoms with E-state index in [2.05, 4.69) is 20.1 Å². The standard InChI is InChI=1S/C17H18N6O/c1-12-10-19-16(21-12)14-4-2-8-22(14)17(24)13-5-6-15(18-11-13)23-9-3-7-20-23/h3,5-7,9-11,14H,2,4,8H2,1H3,(H,19,21). The molecule has 3 aromatic heterocycles. The van der Waals surface area contributed by atoms with Crippen LogP contribution in [-0.2, 0) is 0 Å². The molecule has 0 bridgehead atoms. The quantitative estimate of drug-likeness (QED) is 0.802. The number of carbonyl (C=O) groups is 1. The number of aryl methyl sites for hydroxylation is 1. The molecule has 1 aliphatic heterocycles. The van der Waals surface area contributed by atoms with Crippen LogP contribution in [0.3, 0.4) is 0 Å². The summed E-state index contributed by atoms with van der Waals surface area (Å²) >= 11 is 0. The molecule has 4 rings (SSSR count). The van der Waals surface area contributed by atoms with Gasteiger partial charge in [0.1, 0.15) is 5.82 Å². The largest absolute Gasteiger partial charge is 0.344 e. The SMILES string of the molecule is Cc1cnc(C2CCCN2C(=O)c2ccc(-n3cccn3)nc2)[nH]1. The summed E-state index contributed by atoms with van der Waals surface area (Å²) in [6, 6.07) is 5.45. The Morgan fingerprint density at radius 1 is 1.29 bits per heavy atom. The summed E-state index contributed by atoms with van der Waals surface area (Å²) in [4.78, 5) is 26.7. The van der Waals surface area contributed by atoms with E-state index in [9.17, 15) is 4.79 Å². The van der Waals surface area contributed by atoms with Crippen LogP contribution >= 0.6 is 0 Å². The fraction of sp³-hybridized carbons (Fsp3) is 0.294. The molecule has 24 heavy (non-hydrogen) atoms. The first-order valence-corrected chi connectivity index (χ1v) is 8.01. The van der Waals surface area contributed by atoms with Gasteiger partial charge < -0.3 is 9.88 Å². The summed E-state index contributed by atoms with van der Waals surface area (Å²) in [6.45, 7) is 2.71. The molecule has 3 aromatic rings. The lowest BCUT2D eigenvalue weighted by Gasteiger charge is -2.23. The van der Waals surface area contributed by atoms with E-state index in [1.54, 1.807) is 29.3 Å². The summed E-state index contributed by atoms with van der Waals surface area (Å²) in [5.41, 5.74) is 1.59. The number of hydrogen-bond acceptors (Lipinski definition) is 4. The van der Waals surface area contributed by atoms with Crippen molar-refractivity contribution in [3.05, 3.63) is 60.1 Å². The van der Waals surface area contributed by atoms with Gasteiger partial charge in [0.05, 0.1) is 11.6 Å². The van der Waals surface area contributed by atoms with Crippen molar-refractivity contribution in [1.29, 1.82) is 0 Å². The van der Waals surface area contributed by atoms with Gasteiger partial charge in [-0.1, -0.05) is 0 Å². The van der Waals surface area contributed by atoms with E-state index in [1.807, 2.05) is 30.2 Å². The lowest BCUT2D eigenvalue weighted by molar-refractivity contribution is 0.0730. The Bertz CT molecular complexity index is 836. The maximum atomic E-state index is 12.9. The highest BCUT2D eigenvalue weighted by Crippen LogP contribution is 2.31. The van der Waals surface area contributed by atoms with Crippen molar-refractivity contribution in [2.75, 3.05) is 6.54 Å². The molecular weight excluding hydrogens is 304 g/mol. The van der Waals surface area contributed by atoms with Crippen LogP contribution in [0.25, 0.3) is 5.82 Å². The molecule has 1 amide bonds. The zero-order valence-corrected chi connectivity index (χ0v) is 13.4. The first-order chi connectivity index (χ1) is 11.7. The van der Waals surface area contributed by atoms with Crippen LogP contribution in [-0.4, -0.2) is 42.1 Å². The fourth-order valence-corrected chi connectivity index (χ4v) is 3.11. The third-order valence-corrected chi connectivity index (χ3v) is 4.29. The number of likely N-dealkylation sites (tertiary alicyclic amines) is 1. The zero-order chi connectivity index (χ0) is 16.5. The molecule has 7 nitrogen and oxygen atoms in total. The molecule has 1 aliphatic rings. The number of pyridine rings is 1. The van der Waals surface area contributed by atoms with Crippen LogP contribution in [0.2, 0.25) is 0 Å². The lowest BCUT2D eigenvalue weighted by Crippen LogP contribution is -2.31. The van der Waals surface area contributed by atoms with Gasteiger partial charge in [-0.05, 0) is 38.0 Å². The van der Waals surface area contributed by atoms with Gasteiger partial charge in [-0.2, -0.15) is 5.10 Å². The maximum Gasteiger partial charge on any atom is 0.256 e. The zero-order valence-electron chi connectivity index (χ0n) is 13.4. The highest BCUT2D eigenvalue weighted by Gasteiger charge is 2.32. The van der Waals surface area contributed by atoms with E-state index in [4.69, 9.17) is 0 Å². The third kappa shape index (κ3) is 2.58. The van der Waals surface area contributed by atoms with Gasteiger partial charge in [0, 0.05) is 37.0 Å². The molecule has 7 heteroatoms. The molecule has 1 atom stereocenters. The number of rotatable bonds is 3. The van der Waals surface area contributed by atoms with Crippen molar-refractivity contribution in [3.8, 4) is 5.82 Å². The average Bonchev–Trinajstić information content (AvgIpc) is 3.35. The van der Waals surface area contributed by atoms with Gasteiger partial charge in [0.15, 0.2) is 5.82 Å². The average molecular weight is 322 g/mol. The number of aromatic nitrogens is 5. The van der Waals surface area contributed by atoms with Gasteiger partial charge in [-0.3, -0.25) is 4.79 Å². The number of carbonyl (C=O) groups excluding carboxylic acids is 1. The summed E-state index contributed by atoms with van der Waals surface area (Å²) < 4.78 is 1.67. The summed E-state index contributed by atoms with van der Waals surface area (Å²) in [5.74, 6) is 1.54. The monoisotopic (exact) mass is 322 g/mol. The van der Waals surface area contributed by atoms with Gasteiger partial charge in [0.2, 0.25) is 0 Å². The van der Waals surface area contributed by atoms with Gasteiger partial charge in [0.25, 0.3) is 5.91 Å². The van der Waals surface area contributed by atoms with Crippen LogP contribution in [0.4, 0.5) is 0 Å². The van der Waals surface area contributed by atoms with E-state index < -0.39 is 0 Å². The van der Waals surface area contributed by atoms with Gasteiger partial charge >= 0.3 is 0 Å². The molecule has 0 saturated carbocycles. The molecule has 0 aromatic carbocycles.